The molecule has 3 aromatic carbocycles. The largest absolute Gasteiger partial charge is 0.492 e. The summed E-state index contributed by atoms with van der Waals surface area (Å²) < 4.78 is 7.67. The van der Waals surface area contributed by atoms with Crippen molar-refractivity contribution >= 4 is 28.1 Å². The zero-order valence-corrected chi connectivity index (χ0v) is 24.5. The molecule has 0 aliphatic carbocycles. The summed E-state index contributed by atoms with van der Waals surface area (Å²) in [7, 11) is 0. The van der Waals surface area contributed by atoms with Gasteiger partial charge in [0.2, 0.25) is 0 Å². The van der Waals surface area contributed by atoms with Crippen LogP contribution in [0, 0.1) is 6.92 Å². The maximum Gasteiger partial charge on any atom is 0.263 e. The Bertz CT molecular complexity index is 1610. The molecule has 2 aliphatic rings. The molecule has 42 heavy (non-hydrogen) atoms. The SMILES string of the molecule is Cc1ccc(NC(=O)c2cccc(N3CCCCCC3)c2)cc1-n1ccc2ccc(OCCN3CCCC3)cc2c1=O. The Morgan fingerprint density at radius 2 is 1.64 bits per heavy atom. The van der Waals surface area contributed by atoms with Crippen molar-refractivity contribution in [2.45, 2.75) is 45.4 Å². The van der Waals surface area contributed by atoms with Crippen molar-refractivity contribution in [3.05, 3.63) is 94.4 Å². The van der Waals surface area contributed by atoms with Crippen LogP contribution < -0.4 is 20.5 Å². The third kappa shape index (κ3) is 6.36. The molecule has 1 amide bonds. The van der Waals surface area contributed by atoms with Crippen molar-refractivity contribution in [2.24, 2.45) is 0 Å². The van der Waals surface area contributed by atoms with Crippen molar-refractivity contribution in [2.75, 3.05) is 49.5 Å². The zero-order chi connectivity index (χ0) is 28.9. The number of hydrogen-bond acceptors (Lipinski definition) is 5. The Morgan fingerprint density at radius 1 is 0.857 bits per heavy atom. The molecule has 7 nitrogen and oxygen atoms in total. The molecule has 6 rings (SSSR count). The van der Waals surface area contributed by atoms with E-state index in [-0.39, 0.29) is 11.5 Å². The number of benzene rings is 3. The number of nitrogens with one attached hydrogen (secondary N) is 1. The summed E-state index contributed by atoms with van der Waals surface area (Å²) in [5.41, 5.74) is 3.92. The molecule has 2 aliphatic heterocycles. The third-order valence-electron chi connectivity index (χ3n) is 8.56. The lowest BCUT2D eigenvalue weighted by molar-refractivity contribution is 0.102. The molecule has 4 aromatic rings. The molecule has 0 saturated carbocycles. The molecule has 2 fully saturated rings. The summed E-state index contributed by atoms with van der Waals surface area (Å²) in [4.78, 5) is 31.8. The van der Waals surface area contributed by atoms with Crippen LogP contribution in [0.4, 0.5) is 11.4 Å². The van der Waals surface area contributed by atoms with Crippen molar-refractivity contribution in [1.82, 2.24) is 9.47 Å². The molecule has 7 heteroatoms. The van der Waals surface area contributed by atoms with E-state index in [9.17, 15) is 9.59 Å². The number of pyridine rings is 1. The number of fused-ring (bicyclic) bond motifs is 1. The fraction of sp³-hybridized carbons (Fsp3) is 0.371. The van der Waals surface area contributed by atoms with E-state index in [2.05, 4.69) is 21.2 Å². The van der Waals surface area contributed by atoms with Gasteiger partial charge in [0, 0.05) is 42.8 Å². The average molecular weight is 565 g/mol. The van der Waals surface area contributed by atoms with Crippen molar-refractivity contribution < 1.29 is 9.53 Å². The Kier molecular flexibility index (Phi) is 8.56. The predicted molar refractivity (Wildman–Crippen MR) is 171 cm³/mol. The number of hydrogen-bond donors (Lipinski definition) is 1. The van der Waals surface area contributed by atoms with Crippen LogP contribution in [0.15, 0.2) is 77.7 Å². The van der Waals surface area contributed by atoms with Gasteiger partial charge in [0.05, 0.1) is 11.1 Å². The molecule has 218 valence electrons. The number of likely N-dealkylation sites (tertiary alicyclic amines) is 1. The van der Waals surface area contributed by atoms with Crippen LogP contribution in [0.3, 0.4) is 0 Å². The molecule has 1 aromatic heterocycles. The summed E-state index contributed by atoms with van der Waals surface area (Å²) in [6.45, 7) is 7.80. The number of aromatic nitrogens is 1. The summed E-state index contributed by atoms with van der Waals surface area (Å²) in [6, 6.07) is 21.2. The van der Waals surface area contributed by atoms with Crippen LogP contribution in [0.1, 0.15) is 54.4 Å². The van der Waals surface area contributed by atoms with Gasteiger partial charge in [0.25, 0.3) is 11.5 Å². The smallest absolute Gasteiger partial charge is 0.263 e. The molecule has 0 bridgehead atoms. The molecular weight excluding hydrogens is 524 g/mol. The first-order chi connectivity index (χ1) is 20.5. The molecule has 3 heterocycles. The normalized spacial score (nSPS) is 16.0. The van der Waals surface area contributed by atoms with Gasteiger partial charge in [-0.1, -0.05) is 31.0 Å². The van der Waals surface area contributed by atoms with E-state index in [1.165, 1.54) is 38.5 Å². The number of ether oxygens (including phenoxy) is 1. The number of amides is 1. The lowest BCUT2D eigenvalue weighted by atomic mass is 10.1. The number of carbonyl (C=O) groups is 1. The number of aryl methyl sites for hydroxylation is 1. The minimum Gasteiger partial charge on any atom is -0.492 e. The summed E-state index contributed by atoms with van der Waals surface area (Å²) >= 11 is 0. The highest BCUT2D eigenvalue weighted by Crippen LogP contribution is 2.24. The molecule has 0 atom stereocenters. The first kappa shape index (κ1) is 28.0. The monoisotopic (exact) mass is 564 g/mol. The molecule has 0 unspecified atom stereocenters. The van der Waals surface area contributed by atoms with E-state index < -0.39 is 0 Å². The van der Waals surface area contributed by atoms with Gasteiger partial charge in [-0.15, -0.1) is 0 Å². The van der Waals surface area contributed by atoms with Crippen molar-refractivity contribution in [3.8, 4) is 11.4 Å². The Labute approximate surface area is 247 Å². The minimum absolute atomic E-state index is 0.116. The zero-order valence-electron chi connectivity index (χ0n) is 24.5. The second-order valence-corrected chi connectivity index (χ2v) is 11.5. The summed E-state index contributed by atoms with van der Waals surface area (Å²) in [5, 5.41) is 4.53. The van der Waals surface area contributed by atoms with E-state index in [0.717, 1.165) is 55.0 Å². The van der Waals surface area contributed by atoms with E-state index in [1.807, 2.05) is 67.6 Å². The highest BCUT2D eigenvalue weighted by molar-refractivity contribution is 6.05. The van der Waals surface area contributed by atoms with Gasteiger partial charge in [-0.25, -0.2) is 0 Å². The molecule has 0 radical (unpaired) electrons. The summed E-state index contributed by atoms with van der Waals surface area (Å²) in [6.07, 6.45) is 9.21. The van der Waals surface area contributed by atoms with Crippen LogP contribution >= 0.6 is 0 Å². The number of rotatable bonds is 8. The van der Waals surface area contributed by atoms with Crippen LogP contribution in [-0.2, 0) is 0 Å². The standard InChI is InChI=1S/C35H40N4O3/c1-26-11-13-29(36-34(40)28-9-8-10-30(23-28)38-18-4-2-3-5-19-38)24-33(26)39-20-15-27-12-14-31(25-32(27)35(39)41)42-22-21-37-16-6-7-17-37/h8-15,20,23-25H,2-7,16-19,21-22H2,1H3,(H,36,40). The maximum atomic E-state index is 13.7. The fourth-order valence-electron chi connectivity index (χ4n) is 6.12. The van der Waals surface area contributed by atoms with Crippen LogP contribution in [-0.4, -0.2) is 54.7 Å². The fourth-order valence-corrected chi connectivity index (χ4v) is 6.12. The van der Waals surface area contributed by atoms with Gasteiger partial charge in [0.1, 0.15) is 12.4 Å². The van der Waals surface area contributed by atoms with Gasteiger partial charge >= 0.3 is 0 Å². The average Bonchev–Trinajstić information content (AvgIpc) is 3.38. The number of carbonyl (C=O) groups excluding carboxylic acids is 1. The molecule has 2 saturated heterocycles. The summed E-state index contributed by atoms with van der Waals surface area (Å²) in [5.74, 6) is 0.541. The van der Waals surface area contributed by atoms with E-state index >= 15 is 0 Å². The highest BCUT2D eigenvalue weighted by atomic mass is 16.5. The maximum absolute atomic E-state index is 13.7. The van der Waals surface area contributed by atoms with Gasteiger partial charge in [0.15, 0.2) is 0 Å². The lowest BCUT2D eigenvalue weighted by Crippen LogP contribution is -2.25. The van der Waals surface area contributed by atoms with E-state index in [4.69, 9.17) is 4.74 Å². The van der Waals surface area contributed by atoms with Crippen molar-refractivity contribution in [1.29, 1.82) is 0 Å². The highest BCUT2D eigenvalue weighted by Gasteiger charge is 2.15. The quantitative estimate of drug-likeness (QED) is 0.268. The second-order valence-electron chi connectivity index (χ2n) is 11.5. The Hall–Kier alpha value is -4.10. The third-order valence-corrected chi connectivity index (χ3v) is 8.56. The Morgan fingerprint density at radius 3 is 2.45 bits per heavy atom. The van der Waals surface area contributed by atoms with E-state index in [0.29, 0.717) is 29.0 Å². The van der Waals surface area contributed by atoms with Crippen LogP contribution in [0.25, 0.3) is 16.5 Å². The van der Waals surface area contributed by atoms with Crippen LogP contribution in [0.2, 0.25) is 0 Å². The van der Waals surface area contributed by atoms with Crippen molar-refractivity contribution in [3.63, 3.8) is 0 Å². The van der Waals surface area contributed by atoms with Crippen LogP contribution in [0.5, 0.6) is 5.75 Å². The lowest BCUT2D eigenvalue weighted by Gasteiger charge is -2.23. The Balaban J connectivity index is 1.21. The van der Waals surface area contributed by atoms with Gasteiger partial charge in [-0.05, 0) is 105 Å². The first-order valence-corrected chi connectivity index (χ1v) is 15.3. The van der Waals surface area contributed by atoms with Gasteiger partial charge in [-0.3, -0.25) is 19.1 Å². The van der Waals surface area contributed by atoms with Gasteiger partial charge in [-0.2, -0.15) is 0 Å². The molecular formula is C35H40N4O3. The first-order valence-electron chi connectivity index (χ1n) is 15.3. The second kappa shape index (κ2) is 12.8. The topological polar surface area (TPSA) is 66.8 Å². The minimum atomic E-state index is -0.164. The number of anilines is 2. The predicted octanol–water partition coefficient (Wildman–Crippen LogP) is 6.41. The molecule has 0 spiro atoms. The van der Waals surface area contributed by atoms with Gasteiger partial charge < -0.3 is 15.0 Å². The molecule has 1 N–H and O–H groups in total. The van der Waals surface area contributed by atoms with E-state index in [1.54, 1.807) is 10.8 Å². The number of nitrogens with zero attached hydrogens (tertiary/aromatic N) is 3.